The second-order valence-corrected chi connectivity index (χ2v) is 9.19. The van der Waals surface area contributed by atoms with E-state index in [0.717, 1.165) is 28.7 Å². The molecule has 0 bridgehead atoms. The van der Waals surface area contributed by atoms with Gasteiger partial charge in [-0.1, -0.05) is 0 Å². The molecule has 0 N–H and O–H groups in total. The first-order valence-corrected chi connectivity index (χ1v) is 11.5. The van der Waals surface area contributed by atoms with Gasteiger partial charge in [0.25, 0.3) is 5.91 Å². The van der Waals surface area contributed by atoms with Crippen LogP contribution in [0.15, 0.2) is 42.6 Å². The van der Waals surface area contributed by atoms with Crippen LogP contribution in [0.4, 0.5) is 4.39 Å². The molecule has 0 saturated carbocycles. The number of hydrogen-bond donors (Lipinski definition) is 0. The van der Waals surface area contributed by atoms with Crippen molar-refractivity contribution in [2.24, 2.45) is 7.05 Å². The molecule has 0 spiro atoms. The second kappa shape index (κ2) is 8.64. The quantitative estimate of drug-likeness (QED) is 0.455. The van der Waals surface area contributed by atoms with Crippen LogP contribution >= 0.6 is 0 Å². The normalized spacial score (nSPS) is 15.8. The van der Waals surface area contributed by atoms with Gasteiger partial charge in [0.1, 0.15) is 23.4 Å². The molecule has 2 aromatic carbocycles. The second-order valence-electron chi connectivity index (χ2n) is 9.19. The molecular formula is C26H26FN7O. The molecule has 2 aromatic heterocycles. The van der Waals surface area contributed by atoms with Crippen LogP contribution in [0.5, 0.6) is 0 Å². The highest BCUT2D eigenvalue weighted by atomic mass is 19.1. The number of benzene rings is 2. The zero-order valence-corrected chi connectivity index (χ0v) is 20.2. The minimum atomic E-state index is -0.626. The van der Waals surface area contributed by atoms with E-state index < -0.39 is 5.82 Å². The predicted molar refractivity (Wildman–Crippen MR) is 131 cm³/mol. The molecule has 1 saturated heterocycles. The number of aromatic nitrogens is 4. The number of carbonyl (C=O) groups excluding carboxylic acids is 1. The van der Waals surface area contributed by atoms with Crippen LogP contribution in [-0.4, -0.2) is 68.3 Å². The van der Waals surface area contributed by atoms with E-state index in [4.69, 9.17) is 5.26 Å². The van der Waals surface area contributed by atoms with E-state index in [2.05, 4.69) is 15.0 Å². The Balaban J connectivity index is 1.62. The Morgan fingerprint density at radius 3 is 2.71 bits per heavy atom. The summed E-state index contributed by atoms with van der Waals surface area (Å²) < 4.78 is 18.1. The number of rotatable bonds is 4. The molecule has 8 nitrogen and oxygen atoms in total. The number of nitrogens with zero attached hydrogens (tertiary/aromatic N) is 7. The lowest BCUT2D eigenvalue weighted by atomic mass is 10.1. The highest BCUT2D eigenvalue weighted by Gasteiger charge is 2.30. The monoisotopic (exact) mass is 471 g/mol. The number of likely N-dealkylation sites (tertiary alicyclic amines) is 1. The van der Waals surface area contributed by atoms with Gasteiger partial charge >= 0.3 is 0 Å². The zero-order chi connectivity index (χ0) is 24.9. The van der Waals surface area contributed by atoms with Crippen LogP contribution in [0, 0.1) is 24.1 Å². The first kappa shape index (κ1) is 22.7. The lowest BCUT2D eigenvalue weighted by Gasteiger charge is -2.19. The molecule has 0 aliphatic carbocycles. The van der Waals surface area contributed by atoms with Crippen LogP contribution in [0.2, 0.25) is 0 Å². The van der Waals surface area contributed by atoms with Gasteiger partial charge in [-0.2, -0.15) is 10.4 Å². The van der Waals surface area contributed by atoms with Gasteiger partial charge in [0.15, 0.2) is 0 Å². The lowest BCUT2D eigenvalue weighted by Crippen LogP contribution is -2.34. The Morgan fingerprint density at radius 2 is 2.03 bits per heavy atom. The number of hydrogen-bond acceptors (Lipinski definition) is 5. The molecule has 0 radical (unpaired) electrons. The van der Waals surface area contributed by atoms with Crippen molar-refractivity contribution in [1.82, 2.24) is 29.1 Å². The Hall–Kier alpha value is -4.03. The smallest absolute Gasteiger partial charge is 0.274 e. The van der Waals surface area contributed by atoms with E-state index in [0.29, 0.717) is 36.2 Å². The summed E-state index contributed by atoms with van der Waals surface area (Å²) in [7, 11) is 5.92. The van der Waals surface area contributed by atoms with Crippen molar-refractivity contribution < 1.29 is 9.18 Å². The van der Waals surface area contributed by atoms with Gasteiger partial charge in [0, 0.05) is 54.7 Å². The fraction of sp³-hybridized carbons (Fsp3) is 0.308. The molecule has 35 heavy (non-hydrogen) atoms. The molecule has 1 atom stereocenters. The SMILES string of the molecule is Cc1c2cc(-n3cc(C(=O)N4CC[C@H](N(C)C)C4)nc3-c3ccc(C#N)c(F)c3)ccc2nn1C. The number of likely N-dealkylation sites (N-methyl/N-ethyl adjacent to an activating group) is 1. The third-order valence-electron chi connectivity index (χ3n) is 6.84. The molecule has 1 amide bonds. The van der Waals surface area contributed by atoms with Crippen molar-refractivity contribution >= 4 is 16.8 Å². The third kappa shape index (κ3) is 3.96. The van der Waals surface area contributed by atoms with Gasteiger partial charge in [-0.3, -0.25) is 14.0 Å². The average molecular weight is 472 g/mol. The number of halogens is 1. The summed E-state index contributed by atoms with van der Waals surface area (Å²) in [4.78, 5) is 22.0. The number of amides is 1. The number of nitriles is 1. The minimum absolute atomic E-state index is 0.0395. The van der Waals surface area contributed by atoms with Crippen LogP contribution in [0.3, 0.4) is 0 Å². The fourth-order valence-electron chi connectivity index (χ4n) is 4.60. The Bertz CT molecular complexity index is 1490. The Kier molecular flexibility index (Phi) is 5.61. The number of aryl methyl sites for hydroxylation is 2. The van der Waals surface area contributed by atoms with E-state index in [1.165, 1.54) is 12.1 Å². The van der Waals surface area contributed by atoms with Crippen molar-refractivity contribution in [2.75, 3.05) is 27.2 Å². The maximum absolute atomic E-state index is 14.5. The highest BCUT2D eigenvalue weighted by Crippen LogP contribution is 2.28. The minimum Gasteiger partial charge on any atom is -0.336 e. The Morgan fingerprint density at radius 1 is 1.23 bits per heavy atom. The van der Waals surface area contributed by atoms with Crippen LogP contribution < -0.4 is 0 Å². The molecule has 1 aliphatic rings. The molecule has 178 valence electrons. The van der Waals surface area contributed by atoms with Crippen molar-refractivity contribution in [3.63, 3.8) is 0 Å². The largest absolute Gasteiger partial charge is 0.336 e. The average Bonchev–Trinajstić information content (AvgIpc) is 3.57. The Labute approximate surface area is 202 Å². The fourth-order valence-corrected chi connectivity index (χ4v) is 4.60. The third-order valence-corrected chi connectivity index (χ3v) is 6.84. The van der Waals surface area contributed by atoms with E-state index in [-0.39, 0.29) is 11.5 Å². The van der Waals surface area contributed by atoms with Gasteiger partial charge in [-0.25, -0.2) is 9.37 Å². The van der Waals surface area contributed by atoms with Crippen LogP contribution in [-0.2, 0) is 7.05 Å². The lowest BCUT2D eigenvalue weighted by molar-refractivity contribution is 0.0778. The van der Waals surface area contributed by atoms with Crippen molar-refractivity contribution in [3.8, 4) is 23.1 Å². The van der Waals surface area contributed by atoms with Crippen LogP contribution in [0.25, 0.3) is 28.0 Å². The number of fused-ring (bicyclic) bond motifs is 1. The maximum atomic E-state index is 14.5. The highest BCUT2D eigenvalue weighted by molar-refractivity contribution is 5.93. The maximum Gasteiger partial charge on any atom is 0.274 e. The van der Waals surface area contributed by atoms with Crippen molar-refractivity contribution in [3.05, 3.63) is 65.4 Å². The topological polar surface area (TPSA) is 83.0 Å². The zero-order valence-electron chi connectivity index (χ0n) is 20.2. The molecule has 1 aliphatic heterocycles. The van der Waals surface area contributed by atoms with Gasteiger partial charge in [0.05, 0.1) is 11.1 Å². The van der Waals surface area contributed by atoms with E-state index in [1.807, 2.05) is 61.9 Å². The summed E-state index contributed by atoms with van der Waals surface area (Å²) in [6.07, 6.45) is 2.62. The molecule has 9 heteroatoms. The molecular weight excluding hydrogens is 445 g/mol. The molecule has 5 rings (SSSR count). The van der Waals surface area contributed by atoms with Gasteiger partial charge in [-0.05, 0) is 63.8 Å². The predicted octanol–water partition coefficient (Wildman–Crippen LogP) is 3.52. The van der Waals surface area contributed by atoms with Gasteiger partial charge in [0.2, 0.25) is 0 Å². The molecule has 3 heterocycles. The van der Waals surface area contributed by atoms with E-state index in [9.17, 15) is 9.18 Å². The summed E-state index contributed by atoms with van der Waals surface area (Å²) in [6.45, 7) is 3.30. The summed E-state index contributed by atoms with van der Waals surface area (Å²) in [5.74, 6) is -0.345. The van der Waals surface area contributed by atoms with E-state index in [1.54, 1.807) is 16.8 Å². The van der Waals surface area contributed by atoms with Crippen molar-refractivity contribution in [2.45, 2.75) is 19.4 Å². The first-order valence-electron chi connectivity index (χ1n) is 11.5. The number of carbonyl (C=O) groups is 1. The van der Waals surface area contributed by atoms with E-state index >= 15 is 0 Å². The molecule has 1 fully saturated rings. The first-order chi connectivity index (χ1) is 16.8. The standard InChI is InChI=1S/C26H26FN7O/c1-16-21-12-19(7-8-23(21)30-32(16)4)34-15-24(26(35)33-10-9-20(14-33)31(2)3)29-25(34)17-5-6-18(13-28)22(27)11-17/h5-8,11-12,15,20H,9-10,14H2,1-4H3/t20-/m0/s1. The molecule has 4 aromatic rings. The summed E-state index contributed by atoms with van der Waals surface area (Å²) in [5, 5.41) is 14.6. The summed E-state index contributed by atoms with van der Waals surface area (Å²) >= 11 is 0. The summed E-state index contributed by atoms with van der Waals surface area (Å²) in [6, 6.07) is 12.4. The number of imidazole rings is 1. The summed E-state index contributed by atoms with van der Waals surface area (Å²) in [5.41, 5.74) is 3.40. The molecule has 0 unspecified atom stereocenters. The van der Waals surface area contributed by atoms with Gasteiger partial charge < -0.3 is 9.80 Å². The van der Waals surface area contributed by atoms with Gasteiger partial charge in [-0.15, -0.1) is 0 Å². The van der Waals surface area contributed by atoms with Crippen molar-refractivity contribution in [1.29, 1.82) is 5.26 Å². The van der Waals surface area contributed by atoms with Crippen LogP contribution in [0.1, 0.15) is 28.2 Å².